The standard InChI is InChI=1S/C12H18N2O3.Ca/c1-5-7-12(8(3)6-2)9(15)13-11(17)14(4)10(12)16;/h5,8H,1,6-7H2,2-4H3,(H,13,15,17);/q;+2. The van der Waals surface area contributed by atoms with Gasteiger partial charge in [-0.25, -0.2) is 4.79 Å². The Morgan fingerprint density at radius 3 is 2.44 bits per heavy atom. The number of amides is 4. The van der Waals surface area contributed by atoms with E-state index in [1.807, 2.05) is 13.8 Å². The monoisotopic (exact) mass is 278 g/mol. The molecule has 0 aliphatic carbocycles. The third-order valence-electron chi connectivity index (χ3n) is 3.54. The molecule has 4 amide bonds. The Morgan fingerprint density at radius 2 is 2.00 bits per heavy atom. The zero-order chi connectivity index (χ0) is 13.2. The van der Waals surface area contributed by atoms with E-state index in [0.29, 0.717) is 6.42 Å². The molecule has 0 spiro atoms. The number of carbonyl (C=O) groups excluding carboxylic acids is 3. The minimum Gasteiger partial charge on any atom is -0.277 e. The van der Waals surface area contributed by atoms with Gasteiger partial charge in [0.2, 0.25) is 11.8 Å². The molecule has 1 N–H and O–H groups in total. The average molecular weight is 278 g/mol. The molecule has 0 aromatic heterocycles. The van der Waals surface area contributed by atoms with E-state index in [9.17, 15) is 14.4 Å². The first-order valence-electron chi connectivity index (χ1n) is 5.66. The second-order valence-corrected chi connectivity index (χ2v) is 4.40. The molecule has 0 aromatic rings. The molecule has 0 radical (unpaired) electrons. The molecule has 1 aliphatic rings. The van der Waals surface area contributed by atoms with E-state index in [1.54, 1.807) is 6.08 Å². The van der Waals surface area contributed by atoms with Crippen LogP contribution in [-0.2, 0) is 9.59 Å². The molecule has 2 unspecified atom stereocenters. The maximum atomic E-state index is 12.3. The molecule has 94 valence electrons. The van der Waals surface area contributed by atoms with Crippen molar-refractivity contribution < 1.29 is 14.4 Å². The normalized spacial score (nSPS) is 25.3. The number of hydrogen-bond acceptors (Lipinski definition) is 3. The van der Waals surface area contributed by atoms with Gasteiger partial charge in [-0.2, -0.15) is 0 Å². The van der Waals surface area contributed by atoms with Crippen LogP contribution in [0.5, 0.6) is 0 Å². The Morgan fingerprint density at radius 1 is 1.44 bits per heavy atom. The zero-order valence-corrected chi connectivity index (χ0v) is 13.4. The predicted molar refractivity (Wildman–Crippen MR) is 68.8 cm³/mol. The quantitative estimate of drug-likeness (QED) is 0.472. The predicted octanol–water partition coefficient (Wildman–Crippen LogP) is 0.922. The number of nitrogens with one attached hydrogen (secondary N) is 1. The maximum absolute atomic E-state index is 12.3. The van der Waals surface area contributed by atoms with Crippen LogP contribution in [0.3, 0.4) is 0 Å². The number of nitrogens with zero attached hydrogens (tertiary/aromatic N) is 1. The minimum absolute atomic E-state index is 0. The Hall–Kier alpha value is -0.390. The van der Waals surface area contributed by atoms with Gasteiger partial charge in [0, 0.05) is 7.05 Å². The molecule has 1 saturated heterocycles. The second kappa shape index (κ2) is 6.68. The van der Waals surface area contributed by atoms with Gasteiger partial charge >= 0.3 is 43.8 Å². The summed E-state index contributed by atoms with van der Waals surface area (Å²) in [5, 5.41) is 2.23. The molecule has 1 heterocycles. The van der Waals surface area contributed by atoms with Crippen LogP contribution >= 0.6 is 0 Å². The fourth-order valence-electron chi connectivity index (χ4n) is 2.17. The number of rotatable bonds is 4. The summed E-state index contributed by atoms with van der Waals surface area (Å²) in [6, 6.07) is -0.664. The number of barbiturate groups is 1. The summed E-state index contributed by atoms with van der Waals surface area (Å²) in [7, 11) is 1.38. The van der Waals surface area contributed by atoms with Gasteiger partial charge in [-0.15, -0.1) is 6.58 Å². The summed E-state index contributed by atoms with van der Waals surface area (Å²) in [4.78, 5) is 36.6. The first kappa shape index (κ1) is 17.6. The average Bonchev–Trinajstić information content (AvgIpc) is 2.31. The van der Waals surface area contributed by atoms with Gasteiger partial charge < -0.3 is 0 Å². The van der Waals surface area contributed by atoms with E-state index in [-0.39, 0.29) is 50.1 Å². The summed E-state index contributed by atoms with van der Waals surface area (Å²) < 4.78 is 0. The fraction of sp³-hybridized carbons (Fsp3) is 0.583. The van der Waals surface area contributed by atoms with Gasteiger partial charge in [0.1, 0.15) is 5.41 Å². The van der Waals surface area contributed by atoms with Crippen molar-refractivity contribution in [1.29, 1.82) is 0 Å². The van der Waals surface area contributed by atoms with Crippen LogP contribution in [-0.4, -0.2) is 67.5 Å². The van der Waals surface area contributed by atoms with Crippen LogP contribution in [0.1, 0.15) is 26.7 Å². The van der Waals surface area contributed by atoms with Crippen molar-refractivity contribution in [2.45, 2.75) is 26.7 Å². The summed E-state index contributed by atoms with van der Waals surface area (Å²) in [5.74, 6) is -1.11. The van der Waals surface area contributed by atoms with Crippen molar-refractivity contribution >= 4 is 55.6 Å². The number of imide groups is 2. The number of urea groups is 1. The molecular weight excluding hydrogens is 260 g/mol. The van der Waals surface area contributed by atoms with E-state index in [2.05, 4.69) is 11.9 Å². The largest absolute Gasteiger partial charge is 2.00 e. The number of hydrogen-bond donors (Lipinski definition) is 1. The van der Waals surface area contributed by atoms with Gasteiger partial charge in [0.05, 0.1) is 0 Å². The van der Waals surface area contributed by atoms with Gasteiger partial charge in [0.15, 0.2) is 0 Å². The van der Waals surface area contributed by atoms with E-state index in [0.717, 1.165) is 4.90 Å². The maximum Gasteiger partial charge on any atom is 2.00 e. The Bertz CT molecular complexity index is 384. The van der Waals surface area contributed by atoms with Crippen molar-refractivity contribution in [3.63, 3.8) is 0 Å². The van der Waals surface area contributed by atoms with Crippen LogP contribution < -0.4 is 5.32 Å². The van der Waals surface area contributed by atoms with Crippen LogP contribution in [0.2, 0.25) is 0 Å². The molecule has 1 fully saturated rings. The van der Waals surface area contributed by atoms with Crippen LogP contribution in [0.15, 0.2) is 12.7 Å². The Labute approximate surface area is 137 Å². The Balaban J connectivity index is 0.00000289. The van der Waals surface area contributed by atoms with Gasteiger partial charge in [0.25, 0.3) is 0 Å². The third kappa shape index (κ3) is 2.63. The third-order valence-corrected chi connectivity index (χ3v) is 3.54. The van der Waals surface area contributed by atoms with Crippen molar-refractivity contribution in [1.82, 2.24) is 10.2 Å². The smallest absolute Gasteiger partial charge is 0.277 e. The first-order chi connectivity index (χ1) is 7.91. The van der Waals surface area contributed by atoms with Crippen molar-refractivity contribution in [2.24, 2.45) is 11.3 Å². The minimum atomic E-state index is -1.20. The molecule has 0 saturated carbocycles. The van der Waals surface area contributed by atoms with Crippen molar-refractivity contribution in [3.05, 3.63) is 12.7 Å². The molecule has 1 aliphatic heterocycles. The topological polar surface area (TPSA) is 66.5 Å². The molecule has 2 atom stereocenters. The van der Waals surface area contributed by atoms with E-state index in [4.69, 9.17) is 0 Å². The Kier molecular flexibility index (Phi) is 6.54. The first-order valence-corrected chi connectivity index (χ1v) is 5.66. The fourth-order valence-corrected chi connectivity index (χ4v) is 2.17. The molecule has 18 heavy (non-hydrogen) atoms. The number of allylic oxidation sites excluding steroid dienone is 1. The molecule has 1 rings (SSSR count). The molecule has 6 heteroatoms. The van der Waals surface area contributed by atoms with Crippen LogP contribution in [0.25, 0.3) is 0 Å². The van der Waals surface area contributed by atoms with E-state index in [1.165, 1.54) is 7.05 Å². The summed E-state index contributed by atoms with van der Waals surface area (Å²) >= 11 is 0. The second-order valence-electron chi connectivity index (χ2n) is 4.40. The van der Waals surface area contributed by atoms with E-state index >= 15 is 0 Å². The van der Waals surface area contributed by atoms with Crippen LogP contribution in [0, 0.1) is 11.3 Å². The summed E-state index contributed by atoms with van der Waals surface area (Å²) in [6.45, 7) is 7.34. The van der Waals surface area contributed by atoms with Crippen LogP contribution in [0.4, 0.5) is 4.79 Å². The molecular formula is C12H18CaN2O3+2. The molecule has 0 aromatic carbocycles. The molecule has 0 bridgehead atoms. The zero-order valence-electron chi connectivity index (χ0n) is 11.2. The molecule has 5 nitrogen and oxygen atoms in total. The van der Waals surface area contributed by atoms with Gasteiger partial charge in [-0.3, -0.25) is 19.8 Å². The number of carbonyl (C=O) groups is 3. The summed E-state index contributed by atoms with van der Waals surface area (Å²) in [6.07, 6.45) is 2.46. The SMILES string of the molecule is C=CCC1(C(C)CC)C(=O)NC(=O)N(C)C1=O.[Ca+2]. The van der Waals surface area contributed by atoms with Gasteiger partial charge in [-0.05, 0) is 12.3 Å². The van der Waals surface area contributed by atoms with Crippen molar-refractivity contribution in [2.75, 3.05) is 7.05 Å². The van der Waals surface area contributed by atoms with E-state index < -0.39 is 23.3 Å². The van der Waals surface area contributed by atoms with Gasteiger partial charge in [-0.1, -0.05) is 26.3 Å². The summed E-state index contributed by atoms with van der Waals surface area (Å²) in [5.41, 5.74) is -1.20. The van der Waals surface area contributed by atoms with Crippen molar-refractivity contribution in [3.8, 4) is 0 Å².